The Labute approximate surface area is 104 Å². The van der Waals surface area contributed by atoms with Gasteiger partial charge in [-0.25, -0.2) is 0 Å². The van der Waals surface area contributed by atoms with E-state index in [0.717, 1.165) is 43.6 Å². The van der Waals surface area contributed by atoms with Gasteiger partial charge in [-0.05, 0) is 50.9 Å². The van der Waals surface area contributed by atoms with Crippen LogP contribution in [-0.2, 0) is 0 Å². The molecule has 1 heterocycles. The van der Waals surface area contributed by atoms with E-state index in [1.54, 1.807) is 0 Å². The molecule has 0 radical (unpaired) electrons. The van der Waals surface area contributed by atoms with Gasteiger partial charge in [0.15, 0.2) is 0 Å². The number of benzene rings is 1. The van der Waals surface area contributed by atoms with Crippen molar-refractivity contribution < 1.29 is 4.74 Å². The molecular formula is C14H22N2O. The van der Waals surface area contributed by atoms with Crippen LogP contribution in [0.25, 0.3) is 0 Å². The van der Waals surface area contributed by atoms with Gasteiger partial charge in [0.2, 0.25) is 0 Å². The lowest BCUT2D eigenvalue weighted by molar-refractivity contribution is 0.340. The Morgan fingerprint density at radius 3 is 2.94 bits per heavy atom. The van der Waals surface area contributed by atoms with Crippen molar-refractivity contribution in [2.75, 3.05) is 31.6 Å². The fraction of sp³-hybridized carbons (Fsp3) is 0.571. The smallest absolute Gasteiger partial charge is 0.121 e. The molecule has 0 saturated carbocycles. The second-order valence-corrected chi connectivity index (χ2v) is 4.54. The molecule has 0 spiro atoms. The van der Waals surface area contributed by atoms with Gasteiger partial charge >= 0.3 is 0 Å². The van der Waals surface area contributed by atoms with Crippen LogP contribution in [0.3, 0.4) is 0 Å². The summed E-state index contributed by atoms with van der Waals surface area (Å²) in [7, 11) is 0. The molecule has 1 aliphatic rings. The number of anilines is 1. The lowest BCUT2D eigenvalue weighted by Crippen LogP contribution is -2.31. The molecule has 1 aliphatic heterocycles. The minimum absolute atomic E-state index is 0.720. The van der Waals surface area contributed by atoms with Crippen LogP contribution in [0.2, 0.25) is 0 Å². The van der Waals surface area contributed by atoms with Crippen LogP contribution >= 0.6 is 0 Å². The normalized spacial score (nSPS) is 16.8. The molecule has 0 aromatic heterocycles. The highest BCUT2D eigenvalue weighted by Gasteiger charge is 2.12. The van der Waals surface area contributed by atoms with E-state index in [1.165, 1.54) is 12.8 Å². The zero-order valence-corrected chi connectivity index (χ0v) is 10.5. The second-order valence-electron chi connectivity index (χ2n) is 4.54. The first-order valence-electron chi connectivity index (χ1n) is 6.56. The third kappa shape index (κ3) is 3.93. The molecule has 0 aliphatic carbocycles. The number of ether oxygens (including phenoxy) is 1. The topological polar surface area (TPSA) is 33.3 Å². The Morgan fingerprint density at radius 2 is 2.18 bits per heavy atom. The van der Waals surface area contributed by atoms with Gasteiger partial charge in [-0.3, -0.25) is 0 Å². The quantitative estimate of drug-likeness (QED) is 0.821. The zero-order valence-electron chi connectivity index (χ0n) is 10.5. The fourth-order valence-corrected chi connectivity index (χ4v) is 2.21. The van der Waals surface area contributed by atoms with Gasteiger partial charge < -0.3 is 15.4 Å². The molecule has 0 bridgehead atoms. The van der Waals surface area contributed by atoms with Crippen LogP contribution in [-0.4, -0.2) is 26.2 Å². The molecule has 1 aromatic carbocycles. The highest BCUT2D eigenvalue weighted by molar-refractivity contribution is 5.48. The van der Waals surface area contributed by atoms with Crippen molar-refractivity contribution in [3.05, 3.63) is 24.3 Å². The molecule has 1 saturated heterocycles. The summed E-state index contributed by atoms with van der Waals surface area (Å²) >= 11 is 0. The predicted octanol–water partition coefficient (Wildman–Crippen LogP) is 2.50. The number of hydrogen-bond acceptors (Lipinski definition) is 3. The average Bonchev–Trinajstić information content (AvgIpc) is 2.39. The summed E-state index contributed by atoms with van der Waals surface area (Å²) in [5.41, 5.74) is 1.16. The van der Waals surface area contributed by atoms with Crippen molar-refractivity contribution in [1.82, 2.24) is 5.32 Å². The van der Waals surface area contributed by atoms with E-state index in [-0.39, 0.29) is 0 Å². The maximum atomic E-state index is 5.49. The molecule has 3 heteroatoms. The van der Waals surface area contributed by atoms with Crippen molar-refractivity contribution in [3.8, 4) is 5.75 Å². The summed E-state index contributed by atoms with van der Waals surface area (Å²) in [4.78, 5) is 0. The van der Waals surface area contributed by atoms with Gasteiger partial charge in [-0.15, -0.1) is 0 Å². The van der Waals surface area contributed by atoms with E-state index in [1.807, 2.05) is 19.1 Å². The van der Waals surface area contributed by atoms with Crippen LogP contribution in [0.15, 0.2) is 24.3 Å². The summed E-state index contributed by atoms with van der Waals surface area (Å²) in [5.74, 6) is 1.75. The van der Waals surface area contributed by atoms with E-state index in [2.05, 4.69) is 22.8 Å². The largest absolute Gasteiger partial charge is 0.494 e. The molecule has 0 amide bonds. The van der Waals surface area contributed by atoms with E-state index in [0.29, 0.717) is 0 Å². The molecule has 3 nitrogen and oxygen atoms in total. The van der Waals surface area contributed by atoms with Gasteiger partial charge in [-0.1, -0.05) is 6.07 Å². The van der Waals surface area contributed by atoms with Gasteiger partial charge in [0, 0.05) is 18.3 Å². The number of nitrogens with one attached hydrogen (secondary N) is 2. The summed E-state index contributed by atoms with van der Waals surface area (Å²) in [6.45, 7) is 6.11. The monoisotopic (exact) mass is 234 g/mol. The number of hydrogen-bond donors (Lipinski definition) is 2. The van der Waals surface area contributed by atoms with Crippen molar-refractivity contribution >= 4 is 5.69 Å². The molecule has 1 fully saturated rings. The number of piperidine rings is 1. The first kappa shape index (κ1) is 12.2. The van der Waals surface area contributed by atoms with Gasteiger partial charge in [-0.2, -0.15) is 0 Å². The Hall–Kier alpha value is -1.22. The third-order valence-corrected chi connectivity index (χ3v) is 3.20. The van der Waals surface area contributed by atoms with Gasteiger partial charge in [0.1, 0.15) is 5.75 Å². The van der Waals surface area contributed by atoms with Gasteiger partial charge in [0.25, 0.3) is 0 Å². The minimum Gasteiger partial charge on any atom is -0.494 e. The molecule has 1 aromatic rings. The molecule has 0 unspecified atom stereocenters. The van der Waals surface area contributed by atoms with Crippen LogP contribution in [0.4, 0.5) is 5.69 Å². The van der Waals surface area contributed by atoms with Crippen LogP contribution in [0, 0.1) is 5.92 Å². The van der Waals surface area contributed by atoms with Crippen molar-refractivity contribution in [1.29, 1.82) is 0 Å². The van der Waals surface area contributed by atoms with Crippen LogP contribution in [0.1, 0.15) is 19.8 Å². The SMILES string of the molecule is CCOc1cccc(NCC2CCNCC2)c1. The third-order valence-electron chi connectivity index (χ3n) is 3.20. The molecule has 94 valence electrons. The first-order chi connectivity index (χ1) is 8.38. The van der Waals surface area contributed by atoms with Gasteiger partial charge in [0.05, 0.1) is 6.61 Å². The second kappa shape index (κ2) is 6.50. The summed E-state index contributed by atoms with van der Waals surface area (Å²) in [6, 6.07) is 8.21. The first-order valence-corrected chi connectivity index (χ1v) is 6.56. The van der Waals surface area contributed by atoms with E-state index in [4.69, 9.17) is 4.74 Å². The standard InChI is InChI=1S/C14H22N2O/c1-2-17-14-5-3-4-13(10-14)16-11-12-6-8-15-9-7-12/h3-5,10,12,15-16H,2,6-9,11H2,1H3. The minimum atomic E-state index is 0.720. The molecular weight excluding hydrogens is 212 g/mol. The lowest BCUT2D eigenvalue weighted by Gasteiger charge is -2.23. The van der Waals surface area contributed by atoms with Crippen molar-refractivity contribution in [3.63, 3.8) is 0 Å². The predicted molar refractivity (Wildman–Crippen MR) is 71.7 cm³/mol. The molecule has 17 heavy (non-hydrogen) atoms. The Balaban J connectivity index is 1.83. The lowest BCUT2D eigenvalue weighted by atomic mass is 9.98. The zero-order chi connectivity index (χ0) is 11.9. The van der Waals surface area contributed by atoms with E-state index in [9.17, 15) is 0 Å². The Morgan fingerprint density at radius 1 is 1.35 bits per heavy atom. The molecule has 2 N–H and O–H groups in total. The average molecular weight is 234 g/mol. The van der Waals surface area contributed by atoms with Crippen LogP contribution in [0.5, 0.6) is 5.75 Å². The highest BCUT2D eigenvalue weighted by Crippen LogP contribution is 2.19. The maximum absolute atomic E-state index is 5.49. The Kier molecular flexibility index (Phi) is 4.68. The number of rotatable bonds is 5. The summed E-state index contributed by atoms with van der Waals surface area (Å²) < 4.78 is 5.49. The summed E-state index contributed by atoms with van der Waals surface area (Å²) in [5, 5.41) is 6.90. The van der Waals surface area contributed by atoms with E-state index >= 15 is 0 Å². The van der Waals surface area contributed by atoms with Crippen LogP contribution < -0.4 is 15.4 Å². The van der Waals surface area contributed by atoms with E-state index < -0.39 is 0 Å². The summed E-state index contributed by atoms with van der Waals surface area (Å²) in [6.07, 6.45) is 2.55. The fourth-order valence-electron chi connectivity index (χ4n) is 2.21. The van der Waals surface area contributed by atoms with Crippen molar-refractivity contribution in [2.45, 2.75) is 19.8 Å². The van der Waals surface area contributed by atoms with Crippen molar-refractivity contribution in [2.24, 2.45) is 5.92 Å². The maximum Gasteiger partial charge on any atom is 0.121 e. The molecule has 0 atom stereocenters. The highest BCUT2D eigenvalue weighted by atomic mass is 16.5. The molecule has 2 rings (SSSR count). The Bertz CT molecular complexity index is 335.